The number of nitrogens with two attached hydrogens (primary N) is 1. The first-order valence-electron chi connectivity index (χ1n) is 3.13. The number of thiophene rings is 1. The second-order valence-corrected chi connectivity index (χ2v) is 3.35. The Kier molecular flexibility index (Phi) is 2.83. The van der Waals surface area contributed by atoms with Crippen LogP contribution in [0.4, 0.5) is 0 Å². The van der Waals surface area contributed by atoms with E-state index in [1.165, 1.54) is 11.3 Å². The highest BCUT2D eigenvalue weighted by atomic mass is 35.5. The number of halogens is 1. The van der Waals surface area contributed by atoms with Crippen LogP contribution in [-0.4, -0.2) is 11.1 Å². The topological polar surface area (TPSA) is 60.2 Å². The van der Waals surface area contributed by atoms with Crippen LogP contribution >= 0.6 is 22.9 Å². The molecule has 0 aliphatic heterocycles. The predicted molar refractivity (Wildman–Crippen MR) is 47.1 cm³/mol. The van der Waals surface area contributed by atoms with Crippen LogP contribution in [0.1, 0.15) is 11.5 Å². The molecule has 1 heterocycles. The summed E-state index contributed by atoms with van der Waals surface area (Å²) in [7, 11) is 0. The Labute approximate surface area is 78.1 Å². The maximum atomic E-state index is 10.8. The van der Waals surface area contributed by atoms with Crippen LogP contribution in [-0.2, 0) is 9.59 Å². The zero-order valence-corrected chi connectivity index (χ0v) is 7.56. The van der Waals surface area contributed by atoms with Gasteiger partial charge in [-0.3, -0.25) is 9.59 Å². The second kappa shape index (κ2) is 3.69. The van der Waals surface area contributed by atoms with Crippen molar-refractivity contribution < 1.29 is 9.59 Å². The standard InChI is InChI=1S/C7H6ClNO2S/c8-6(10)5(7(9)11)4-1-2-12-3-4/h1-3,5H,(H2,9,11). The lowest BCUT2D eigenvalue weighted by Crippen LogP contribution is -2.25. The summed E-state index contributed by atoms with van der Waals surface area (Å²) in [6.07, 6.45) is 0. The van der Waals surface area contributed by atoms with Crippen molar-refractivity contribution in [2.24, 2.45) is 5.73 Å². The van der Waals surface area contributed by atoms with Gasteiger partial charge in [0.1, 0.15) is 5.92 Å². The van der Waals surface area contributed by atoms with Crippen molar-refractivity contribution >= 4 is 34.1 Å². The van der Waals surface area contributed by atoms with Gasteiger partial charge in [0.25, 0.3) is 0 Å². The minimum atomic E-state index is -1.00. The van der Waals surface area contributed by atoms with Gasteiger partial charge in [0, 0.05) is 0 Å². The maximum absolute atomic E-state index is 10.8. The van der Waals surface area contributed by atoms with Crippen molar-refractivity contribution in [2.45, 2.75) is 5.92 Å². The molecule has 0 saturated carbocycles. The Hall–Kier alpha value is -0.870. The minimum Gasteiger partial charge on any atom is -0.369 e. The van der Waals surface area contributed by atoms with Gasteiger partial charge in [0.2, 0.25) is 11.1 Å². The maximum Gasteiger partial charge on any atom is 0.238 e. The highest BCUT2D eigenvalue weighted by molar-refractivity contribution is 7.08. The van der Waals surface area contributed by atoms with Gasteiger partial charge in [-0.05, 0) is 34.0 Å². The van der Waals surface area contributed by atoms with Gasteiger partial charge >= 0.3 is 0 Å². The molecule has 0 saturated heterocycles. The SMILES string of the molecule is NC(=O)C(C(=O)Cl)c1ccsc1. The minimum absolute atomic E-state index is 0.563. The summed E-state index contributed by atoms with van der Waals surface area (Å²) in [5.41, 5.74) is 5.55. The van der Waals surface area contributed by atoms with E-state index in [9.17, 15) is 9.59 Å². The summed E-state index contributed by atoms with van der Waals surface area (Å²) < 4.78 is 0. The molecule has 1 amide bonds. The summed E-state index contributed by atoms with van der Waals surface area (Å²) in [4.78, 5) is 21.5. The molecule has 1 atom stereocenters. The molecule has 0 aliphatic rings. The molecule has 0 radical (unpaired) electrons. The Balaban J connectivity index is 2.96. The first-order valence-corrected chi connectivity index (χ1v) is 4.45. The molecule has 12 heavy (non-hydrogen) atoms. The number of amides is 1. The second-order valence-electron chi connectivity index (χ2n) is 2.20. The summed E-state index contributed by atoms with van der Waals surface area (Å²) in [5.74, 6) is -1.72. The normalized spacial score (nSPS) is 12.4. The largest absolute Gasteiger partial charge is 0.369 e. The van der Waals surface area contributed by atoms with E-state index in [1.54, 1.807) is 16.8 Å². The first-order chi connectivity index (χ1) is 5.63. The van der Waals surface area contributed by atoms with Crippen molar-refractivity contribution in [3.8, 4) is 0 Å². The van der Waals surface area contributed by atoms with E-state index < -0.39 is 17.1 Å². The zero-order chi connectivity index (χ0) is 9.14. The molecule has 0 bridgehead atoms. The highest BCUT2D eigenvalue weighted by Gasteiger charge is 2.24. The van der Waals surface area contributed by atoms with E-state index in [-0.39, 0.29) is 0 Å². The van der Waals surface area contributed by atoms with E-state index in [0.29, 0.717) is 5.56 Å². The number of hydrogen-bond donors (Lipinski definition) is 1. The summed E-state index contributed by atoms with van der Waals surface area (Å²) in [5, 5.41) is 2.70. The van der Waals surface area contributed by atoms with E-state index in [2.05, 4.69) is 0 Å². The lowest BCUT2D eigenvalue weighted by atomic mass is 10.0. The smallest absolute Gasteiger partial charge is 0.238 e. The molecule has 1 aromatic rings. The Morgan fingerprint density at radius 1 is 1.58 bits per heavy atom. The van der Waals surface area contributed by atoms with Gasteiger partial charge in [-0.1, -0.05) is 0 Å². The molecule has 1 aromatic heterocycles. The van der Waals surface area contributed by atoms with Crippen molar-refractivity contribution in [1.82, 2.24) is 0 Å². The fourth-order valence-corrected chi connectivity index (χ4v) is 1.77. The molecule has 1 unspecified atom stereocenters. The lowest BCUT2D eigenvalue weighted by Gasteiger charge is -2.04. The molecule has 1 rings (SSSR count). The zero-order valence-electron chi connectivity index (χ0n) is 5.99. The van der Waals surface area contributed by atoms with E-state index in [0.717, 1.165) is 0 Å². The highest BCUT2D eigenvalue weighted by Crippen LogP contribution is 2.20. The molecule has 64 valence electrons. The van der Waals surface area contributed by atoms with Crippen molar-refractivity contribution in [1.29, 1.82) is 0 Å². The Bertz CT molecular complexity index is 282. The third-order valence-electron chi connectivity index (χ3n) is 1.39. The Morgan fingerprint density at radius 2 is 2.25 bits per heavy atom. The quantitative estimate of drug-likeness (QED) is 0.591. The van der Waals surface area contributed by atoms with Crippen LogP contribution in [0, 0.1) is 0 Å². The van der Waals surface area contributed by atoms with Crippen LogP contribution in [0.3, 0.4) is 0 Å². The predicted octanol–water partition coefficient (Wildman–Crippen LogP) is 1.08. The van der Waals surface area contributed by atoms with Crippen LogP contribution in [0.25, 0.3) is 0 Å². The molecule has 5 heteroatoms. The van der Waals surface area contributed by atoms with Crippen molar-refractivity contribution in [2.75, 3.05) is 0 Å². The Morgan fingerprint density at radius 3 is 2.58 bits per heavy atom. The third kappa shape index (κ3) is 1.84. The number of carbonyl (C=O) groups excluding carboxylic acids is 2. The van der Waals surface area contributed by atoms with Crippen LogP contribution in [0.15, 0.2) is 16.8 Å². The summed E-state index contributed by atoms with van der Waals surface area (Å²) in [6.45, 7) is 0. The molecular formula is C7H6ClNO2S. The average molecular weight is 204 g/mol. The van der Waals surface area contributed by atoms with Gasteiger partial charge in [-0.2, -0.15) is 11.3 Å². The van der Waals surface area contributed by atoms with E-state index >= 15 is 0 Å². The van der Waals surface area contributed by atoms with Crippen LogP contribution in [0.5, 0.6) is 0 Å². The van der Waals surface area contributed by atoms with Gasteiger partial charge in [0.15, 0.2) is 0 Å². The van der Waals surface area contributed by atoms with Gasteiger partial charge in [-0.25, -0.2) is 0 Å². The number of carbonyl (C=O) groups is 2. The van der Waals surface area contributed by atoms with Gasteiger partial charge < -0.3 is 5.73 Å². The number of hydrogen-bond acceptors (Lipinski definition) is 3. The monoisotopic (exact) mass is 203 g/mol. The molecular weight excluding hydrogens is 198 g/mol. The summed E-state index contributed by atoms with van der Waals surface area (Å²) in [6, 6.07) is 1.65. The summed E-state index contributed by atoms with van der Waals surface area (Å²) >= 11 is 6.58. The lowest BCUT2D eigenvalue weighted by molar-refractivity contribution is -0.124. The van der Waals surface area contributed by atoms with Crippen LogP contribution < -0.4 is 5.73 Å². The molecule has 0 aliphatic carbocycles. The molecule has 0 aromatic carbocycles. The first kappa shape index (κ1) is 9.22. The average Bonchev–Trinajstić information content (AvgIpc) is 2.37. The molecule has 2 N–H and O–H groups in total. The van der Waals surface area contributed by atoms with E-state index in [1.807, 2.05) is 0 Å². The van der Waals surface area contributed by atoms with Crippen molar-refractivity contribution in [3.05, 3.63) is 22.4 Å². The van der Waals surface area contributed by atoms with Gasteiger partial charge in [-0.15, -0.1) is 0 Å². The van der Waals surface area contributed by atoms with Crippen molar-refractivity contribution in [3.63, 3.8) is 0 Å². The fraction of sp³-hybridized carbons (Fsp3) is 0.143. The molecule has 0 spiro atoms. The molecule has 0 fully saturated rings. The van der Waals surface area contributed by atoms with Crippen LogP contribution in [0.2, 0.25) is 0 Å². The van der Waals surface area contributed by atoms with Gasteiger partial charge in [0.05, 0.1) is 0 Å². The number of rotatable bonds is 3. The molecule has 3 nitrogen and oxygen atoms in total. The third-order valence-corrected chi connectivity index (χ3v) is 2.31. The van der Waals surface area contributed by atoms with E-state index in [4.69, 9.17) is 17.3 Å². The number of primary amides is 1. The fourth-order valence-electron chi connectivity index (χ4n) is 0.846.